The number of carbonyl (C=O) groups excluding carboxylic acids is 2. The fourth-order valence-corrected chi connectivity index (χ4v) is 6.47. The van der Waals surface area contributed by atoms with E-state index in [1.807, 2.05) is 25.8 Å². The number of urea groups is 1. The van der Waals surface area contributed by atoms with E-state index in [1.165, 1.54) is 22.3 Å². The summed E-state index contributed by atoms with van der Waals surface area (Å²) >= 11 is 0. The van der Waals surface area contributed by atoms with Gasteiger partial charge in [-0.1, -0.05) is 53.6 Å². The third kappa shape index (κ3) is 5.54. The highest BCUT2D eigenvalue weighted by Gasteiger charge is 2.47. The maximum Gasteiger partial charge on any atom is 0.320 e. The molecule has 2 heterocycles. The monoisotopic (exact) mass is 504 g/mol. The molecule has 0 aromatic heterocycles. The predicted molar refractivity (Wildman–Crippen MR) is 149 cm³/mol. The van der Waals surface area contributed by atoms with E-state index < -0.39 is 5.41 Å². The van der Waals surface area contributed by atoms with Crippen molar-refractivity contribution in [2.75, 3.05) is 33.2 Å². The van der Waals surface area contributed by atoms with Crippen LogP contribution < -0.4 is 5.73 Å². The molecule has 37 heavy (non-hydrogen) atoms. The van der Waals surface area contributed by atoms with E-state index in [1.54, 1.807) is 0 Å². The molecule has 6 heteroatoms. The quantitative estimate of drug-likeness (QED) is 0.586. The molecule has 0 aliphatic carbocycles. The number of aryl methyl sites for hydroxylation is 3. The molecule has 0 bridgehead atoms. The van der Waals surface area contributed by atoms with E-state index in [0.29, 0.717) is 18.4 Å². The lowest BCUT2D eigenvalue weighted by molar-refractivity contribution is -0.126. The predicted octanol–water partition coefficient (Wildman–Crippen LogP) is 5.23. The number of primary amides is 1. The van der Waals surface area contributed by atoms with E-state index in [0.717, 1.165) is 31.6 Å². The molecular weight excluding hydrogens is 460 g/mol. The summed E-state index contributed by atoms with van der Waals surface area (Å²) in [5, 5.41) is 0. The molecule has 4 atom stereocenters. The number of hydrogen-bond donors (Lipinski definition) is 1. The van der Waals surface area contributed by atoms with E-state index in [4.69, 9.17) is 5.73 Å². The molecule has 2 N–H and O–H groups in total. The van der Waals surface area contributed by atoms with Crippen LogP contribution in [0.15, 0.2) is 42.5 Å². The van der Waals surface area contributed by atoms with Crippen LogP contribution in [0.2, 0.25) is 0 Å². The normalized spacial score (nSPS) is 23.0. The average molecular weight is 505 g/mol. The van der Waals surface area contributed by atoms with Gasteiger partial charge in [-0.2, -0.15) is 0 Å². The first-order valence-corrected chi connectivity index (χ1v) is 13.6. The van der Waals surface area contributed by atoms with E-state index in [-0.39, 0.29) is 24.0 Å². The minimum absolute atomic E-state index is 0.00281. The zero-order valence-corrected chi connectivity index (χ0v) is 23.6. The zero-order chi connectivity index (χ0) is 27.1. The Morgan fingerprint density at radius 3 is 2.35 bits per heavy atom. The second kappa shape index (κ2) is 10.5. The maximum atomic E-state index is 14.1. The van der Waals surface area contributed by atoms with Gasteiger partial charge in [0.25, 0.3) is 0 Å². The van der Waals surface area contributed by atoms with E-state index in [9.17, 15) is 9.59 Å². The highest BCUT2D eigenvalue weighted by molar-refractivity contribution is 5.80. The van der Waals surface area contributed by atoms with Crippen LogP contribution in [0.5, 0.6) is 0 Å². The second-order valence-electron chi connectivity index (χ2n) is 12.1. The smallest absolute Gasteiger partial charge is 0.320 e. The van der Waals surface area contributed by atoms with Gasteiger partial charge in [0.05, 0.1) is 17.5 Å². The Morgan fingerprint density at radius 2 is 1.73 bits per heavy atom. The summed E-state index contributed by atoms with van der Waals surface area (Å²) < 4.78 is 0. The summed E-state index contributed by atoms with van der Waals surface area (Å²) in [5.41, 5.74) is 11.2. The topological polar surface area (TPSA) is 69.9 Å². The fraction of sp³-hybridized carbons (Fsp3) is 0.548. The standard InChI is InChI=1S/C31H44N4O2/c1-20-14-21(2)16-25(15-20)23(4)33(7)30(37)35-13-12-24-17-34(19-31(5,6)29(32)36)18-27(24)28(35)26-11-9-8-10-22(26)3/h8-11,14-16,23-24,27-28H,12-13,17-19H2,1-7H3,(H2,32,36)/t23-,24-,27?,28+/m1/s1. The lowest BCUT2D eigenvalue weighted by Gasteiger charge is -2.45. The zero-order valence-electron chi connectivity index (χ0n) is 23.6. The number of hydrogen-bond acceptors (Lipinski definition) is 3. The molecule has 2 aliphatic rings. The van der Waals surface area contributed by atoms with E-state index in [2.05, 4.69) is 80.0 Å². The van der Waals surface area contributed by atoms with Gasteiger partial charge < -0.3 is 20.4 Å². The van der Waals surface area contributed by atoms with Crippen LogP contribution in [-0.4, -0.2) is 59.9 Å². The van der Waals surface area contributed by atoms with Crippen LogP contribution >= 0.6 is 0 Å². The summed E-state index contributed by atoms with van der Waals surface area (Å²) in [7, 11) is 1.93. The van der Waals surface area contributed by atoms with Crippen LogP contribution in [-0.2, 0) is 4.79 Å². The Kier molecular flexibility index (Phi) is 7.70. The van der Waals surface area contributed by atoms with Crippen molar-refractivity contribution in [3.63, 3.8) is 0 Å². The maximum absolute atomic E-state index is 14.1. The molecule has 0 saturated carbocycles. The lowest BCUT2D eigenvalue weighted by atomic mass is 9.78. The SMILES string of the molecule is Cc1cc(C)cc([C@@H](C)N(C)C(=O)N2CC[C@@H]3CN(CC(C)(C)C(N)=O)CC3[C@@H]2c2ccccc2C)c1. The van der Waals surface area contributed by atoms with Crippen LogP contribution in [0, 0.1) is 38.0 Å². The number of rotatable bonds is 6. The van der Waals surface area contributed by atoms with Crippen molar-refractivity contribution >= 4 is 11.9 Å². The molecule has 4 rings (SSSR count). The van der Waals surface area contributed by atoms with Gasteiger partial charge in [-0.15, -0.1) is 0 Å². The van der Waals surface area contributed by atoms with Gasteiger partial charge in [-0.25, -0.2) is 4.79 Å². The second-order valence-corrected chi connectivity index (χ2v) is 12.1. The number of likely N-dealkylation sites (tertiary alicyclic amines) is 2. The third-order valence-electron chi connectivity index (χ3n) is 8.70. The molecule has 2 aromatic rings. The van der Waals surface area contributed by atoms with Gasteiger partial charge in [0.2, 0.25) is 5.91 Å². The molecule has 3 amide bonds. The minimum atomic E-state index is -0.581. The molecule has 2 fully saturated rings. The molecule has 1 unspecified atom stereocenters. The number of fused-ring (bicyclic) bond motifs is 1. The van der Waals surface area contributed by atoms with Crippen molar-refractivity contribution in [2.24, 2.45) is 23.0 Å². The third-order valence-corrected chi connectivity index (χ3v) is 8.70. The molecular formula is C31H44N4O2. The molecule has 2 aliphatic heterocycles. The number of piperidine rings is 1. The average Bonchev–Trinajstić information content (AvgIpc) is 3.23. The molecule has 0 radical (unpaired) electrons. The summed E-state index contributed by atoms with van der Waals surface area (Å²) in [4.78, 5) is 32.6. The van der Waals surface area contributed by atoms with Gasteiger partial charge >= 0.3 is 6.03 Å². The molecule has 2 saturated heterocycles. The first-order valence-electron chi connectivity index (χ1n) is 13.6. The van der Waals surface area contributed by atoms with Gasteiger partial charge in [0, 0.05) is 39.1 Å². The van der Waals surface area contributed by atoms with Gasteiger partial charge in [0.1, 0.15) is 0 Å². The van der Waals surface area contributed by atoms with Crippen LogP contribution in [0.25, 0.3) is 0 Å². The Bertz CT molecular complexity index is 1140. The van der Waals surface area contributed by atoms with E-state index >= 15 is 0 Å². The number of benzene rings is 2. The highest BCUT2D eigenvalue weighted by atomic mass is 16.2. The van der Waals surface area contributed by atoms with Crippen LogP contribution in [0.4, 0.5) is 4.79 Å². The Labute approximate surface area is 222 Å². The number of nitrogens with zero attached hydrogens (tertiary/aromatic N) is 3. The summed E-state index contributed by atoms with van der Waals surface area (Å²) in [6.07, 6.45) is 0.970. The summed E-state index contributed by atoms with van der Waals surface area (Å²) in [5.74, 6) is 0.531. The van der Waals surface area contributed by atoms with Gasteiger partial charge in [0.15, 0.2) is 0 Å². The van der Waals surface area contributed by atoms with Gasteiger partial charge in [-0.3, -0.25) is 4.79 Å². The van der Waals surface area contributed by atoms with Crippen molar-refractivity contribution < 1.29 is 9.59 Å². The van der Waals surface area contributed by atoms with Gasteiger partial charge in [-0.05, 0) is 70.6 Å². The Balaban J connectivity index is 1.63. The lowest BCUT2D eigenvalue weighted by Crippen LogP contribution is -2.51. The number of nitrogens with two attached hydrogens (primary N) is 1. The first-order chi connectivity index (χ1) is 17.4. The van der Waals surface area contributed by atoms with Crippen molar-refractivity contribution in [3.8, 4) is 0 Å². The van der Waals surface area contributed by atoms with Crippen molar-refractivity contribution in [1.82, 2.24) is 14.7 Å². The van der Waals surface area contributed by atoms with Crippen LogP contribution in [0.1, 0.15) is 67.1 Å². The van der Waals surface area contributed by atoms with Crippen LogP contribution in [0.3, 0.4) is 0 Å². The number of carbonyl (C=O) groups is 2. The van der Waals surface area contributed by atoms with Crippen molar-refractivity contribution in [1.29, 1.82) is 0 Å². The largest absolute Gasteiger partial charge is 0.369 e. The highest BCUT2D eigenvalue weighted by Crippen LogP contribution is 2.45. The van der Waals surface area contributed by atoms with Crippen molar-refractivity contribution in [3.05, 3.63) is 70.3 Å². The number of amides is 3. The molecule has 0 spiro atoms. The Morgan fingerprint density at radius 1 is 1.08 bits per heavy atom. The molecule has 200 valence electrons. The minimum Gasteiger partial charge on any atom is -0.369 e. The molecule has 2 aromatic carbocycles. The summed E-state index contributed by atoms with van der Waals surface area (Å²) in [6.45, 7) is 15.5. The summed E-state index contributed by atoms with van der Waals surface area (Å²) in [6, 6.07) is 15.1. The first kappa shape index (κ1) is 27.2. The molecule has 6 nitrogen and oxygen atoms in total. The Hall–Kier alpha value is -2.86. The fourth-order valence-electron chi connectivity index (χ4n) is 6.47. The van der Waals surface area contributed by atoms with Crippen molar-refractivity contribution in [2.45, 2.75) is 60.0 Å².